The van der Waals surface area contributed by atoms with Crippen LogP contribution in [0.3, 0.4) is 0 Å². The van der Waals surface area contributed by atoms with Gasteiger partial charge in [0.2, 0.25) is 0 Å². The molecule has 0 amide bonds. The Labute approximate surface area is 105 Å². The zero-order valence-corrected chi connectivity index (χ0v) is 10.7. The van der Waals surface area contributed by atoms with Gasteiger partial charge < -0.3 is 9.84 Å². The standard InChI is InChI=1S/C13H15NO2S/c1-3-16-11-7-5-4-6-10(11)12(15)13-14-9(2)8-17-13/h4-8,12,15H,3H2,1-2H3. The molecule has 2 aromatic rings. The Bertz CT molecular complexity index is 496. The Morgan fingerprint density at radius 2 is 2.18 bits per heavy atom. The molecule has 0 spiro atoms. The molecule has 90 valence electrons. The van der Waals surface area contributed by atoms with Crippen LogP contribution in [-0.4, -0.2) is 16.7 Å². The third kappa shape index (κ3) is 2.65. The van der Waals surface area contributed by atoms with Crippen LogP contribution in [0.4, 0.5) is 0 Å². The first-order chi connectivity index (χ1) is 8.22. The van der Waals surface area contributed by atoms with Crippen molar-refractivity contribution in [3.63, 3.8) is 0 Å². The highest BCUT2D eigenvalue weighted by molar-refractivity contribution is 7.09. The molecule has 0 bridgehead atoms. The third-order valence-electron chi connectivity index (χ3n) is 2.38. The first-order valence-corrected chi connectivity index (χ1v) is 6.42. The Morgan fingerprint density at radius 1 is 1.41 bits per heavy atom. The summed E-state index contributed by atoms with van der Waals surface area (Å²) in [6.45, 7) is 4.43. The van der Waals surface area contributed by atoms with E-state index in [1.54, 1.807) is 0 Å². The topological polar surface area (TPSA) is 42.4 Å². The van der Waals surface area contributed by atoms with Gasteiger partial charge in [-0.15, -0.1) is 11.3 Å². The quantitative estimate of drug-likeness (QED) is 0.906. The molecule has 1 heterocycles. The monoisotopic (exact) mass is 249 g/mol. The van der Waals surface area contributed by atoms with Crippen LogP contribution < -0.4 is 4.74 Å². The molecular formula is C13H15NO2S. The van der Waals surface area contributed by atoms with Crippen molar-refractivity contribution in [2.45, 2.75) is 20.0 Å². The van der Waals surface area contributed by atoms with Crippen molar-refractivity contribution in [3.05, 3.63) is 45.9 Å². The average molecular weight is 249 g/mol. The second-order valence-corrected chi connectivity index (χ2v) is 4.59. The number of nitrogens with zero attached hydrogens (tertiary/aromatic N) is 1. The number of aromatic nitrogens is 1. The van der Waals surface area contributed by atoms with E-state index in [9.17, 15) is 5.11 Å². The van der Waals surface area contributed by atoms with Gasteiger partial charge in [-0.1, -0.05) is 18.2 Å². The summed E-state index contributed by atoms with van der Waals surface area (Å²) < 4.78 is 5.50. The second-order valence-electron chi connectivity index (χ2n) is 3.70. The number of aryl methyl sites for hydroxylation is 1. The van der Waals surface area contributed by atoms with E-state index in [0.29, 0.717) is 11.6 Å². The van der Waals surface area contributed by atoms with Gasteiger partial charge in [-0.25, -0.2) is 4.98 Å². The van der Waals surface area contributed by atoms with Gasteiger partial charge in [-0.3, -0.25) is 0 Å². The fraction of sp³-hybridized carbons (Fsp3) is 0.308. The van der Waals surface area contributed by atoms with Crippen LogP contribution >= 0.6 is 11.3 Å². The molecule has 1 unspecified atom stereocenters. The van der Waals surface area contributed by atoms with E-state index in [0.717, 1.165) is 17.0 Å². The Kier molecular flexibility index (Phi) is 3.76. The highest BCUT2D eigenvalue weighted by Gasteiger charge is 2.17. The molecule has 0 saturated carbocycles. The zero-order chi connectivity index (χ0) is 12.3. The summed E-state index contributed by atoms with van der Waals surface area (Å²) >= 11 is 1.46. The third-order valence-corrected chi connectivity index (χ3v) is 3.40. The minimum atomic E-state index is -0.712. The summed E-state index contributed by atoms with van der Waals surface area (Å²) in [5.41, 5.74) is 1.70. The number of ether oxygens (including phenoxy) is 1. The molecule has 1 atom stereocenters. The molecule has 17 heavy (non-hydrogen) atoms. The molecule has 0 aliphatic heterocycles. The summed E-state index contributed by atoms with van der Waals surface area (Å²) in [6.07, 6.45) is -0.712. The minimum absolute atomic E-state index is 0.584. The Morgan fingerprint density at radius 3 is 2.82 bits per heavy atom. The number of thiazole rings is 1. The van der Waals surface area contributed by atoms with Gasteiger partial charge in [-0.05, 0) is 19.9 Å². The SMILES string of the molecule is CCOc1ccccc1C(O)c1nc(C)cs1. The molecule has 1 N–H and O–H groups in total. The maximum absolute atomic E-state index is 10.3. The lowest BCUT2D eigenvalue weighted by Crippen LogP contribution is -2.03. The van der Waals surface area contributed by atoms with E-state index >= 15 is 0 Å². The van der Waals surface area contributed by atoms with Crippen molar-refractivity contribution in [2.75, 3.05) is 6.61 Å². The van der Waals surface area contributed by atoms with Crippen molar-refractivity contribution in [3.8, 4) is 5.75 Å². The van der Waals surface area contributed by atoms with Crippen LogP contribution in [0.25, 0.3) is 0 Å². The van der Waals surface area contributed by atoms with Crippen molar-refractivity contribution in [2.24, 2.45) is 0 Å². The second kappa shape index (κ2) is 5.29. The molecule has 0 fully saturated rings. The Balaban J connectivity index is 2.33. The highest BCUT2D eigenvalue weighted by Crippen LogP contribution is 2.31. The van der Waals surface area contributed by atoms with E-state index in [1.807, 2.05) is 43.5 Å². The molecule has 1 aromatic heterocycles. The Hall–Kier alpha value is -1.39. The highest BCUT2D eigenvalue weighted by atomic mass is 32.1. The van der Waals surface area contributed by atoms with Gasteiger partial charge in [0, 0.05) is 16.6 Å². The lowest BCUT2D eigenvalue weighted by atomic mass is 10.1. The fourth-order valence-corrected chi connectivity index (χ4v) is 2.42. The average Bonchev–Trinajstić information content (AvgIpc) is 2.76. The number of hydrogen-bond donors (Lipinski definition) is 1. The summed E-state index contributed by atoms with van der Waals surface area (Å²) in [4.78, 5) is 4.30. The first kappa shape index (κ1) is 12.1. The van der Waals surface area contributed by atoms with Crippen LogP contribution in [-0.2, 0) is 0 Å². The molecule has 0 radical (unpaired) electrons. The summed E-state index contributed by atoms with van der Waals surface area (Å²) in [7, 11) is 0. The number of aliphatic hydroxyl groups excluding tert-OH is 1. The predicted molar refractivity (Wildman–Crippen MR) is 68.5 cm³/mol. The van der Waals surface area contributed by atoms with Gasteiger partial charge in [0.1, 0.15) is 16.9 Å². The van der Waals surface area contributed by atoms with Crippen LogP contribution in [0.5, 0.6) is 5.75 Å². The van der Waals surface area contributed by atoms with Gasteiger partial charge >= 0.3 is 0 Å². The van der Waals surface area contributed by atoms with E-state index in [4.69, 9.17) is 4.74 Å². The number of rotatable bonds is 4. The van der Waals surface area contributed by atoms with Crippen LogP contribution in [0.1, 0.15) is 29.3 Å². The summed E-state index contributed by atoms with van der Waals surface area (Å²) in [5.74, 6) is 0.718. The van der Waals surface area contributed by atoms with Crippen molar-refractivity contribution in [1.29, 1.82) is 0 Å². The van der Waals surface area contributed by atoms with Crippen LogP contribution in [0.15, 0.2) is 29.6 Å². The largest absolute Gasteiger partial charge is 0.493 e. The minimum Gasteiger partial charge on any atom is -0.493 e. The molecular weight excluding hydrogens is 234 g/mol. The number of aliphatic hydroxyl groups is 1. The lowest BCUT2D eigenvalue weighted by Gasteiger charge is -2.13. The molecule has 3 nitrogen and oxygen atoms in total. The molecule has 2 rings (SSSR count). The normalized spacial score (nSPS) is 12.4. The summed E-state index contributed by atoms with van der Waals surface area (Å²) in [5, 5.41) is 12.9. The molecule has 0 aliphatic rings. The number of hydrogen-bond acceptors (Lipinski definition) is 4. The van der Waals surface area contributed by atoms with Crippen molar-refractivity contribution < 1.29 is 9.84 Å². The van der Waals surface area contributed by atoms with Crippen molar-refractivity contribution >= 4 is 11.3 Å². The van der Waals surface area contributed by atoms with Gasteiger partial charge in [0.05, 0.1) is 6.61 Å². The van der Waals surface area contributed by atoms with E-state index in [-0.39, 0.29) is 0 Å². The first-order valence-electron chi connectivity index (χ1n) is 5.54. The predicted octanol–water partition coefficient (Wildman–Crippen LogP) is 2.93. The smallest absolute Gasteiger partial charge is 0.134 e. The molecule has 0 saturated heterocycles. The fourth-order valence-electron chi connectivity index (χ4n) is 1.62. The number of para-hydroxylation sites is 1. The van der Waals surface area contributed by atoms with Crippen LogP contribution in [0.2, 0.25) is 0 Å². The van der Waals surface area contributed by atoms with Gasteiger partial charge in [-0.2, -0.15) is 0 Å². The lowest BCUT2D eigenvalue weighted by molar-refractivity contribution is 0.211. The molecule has 0 aliphatic carbocycles. The molecule has 4 heteroatoms. The number of benzene rings is 1. The van der Waals surface area contributed by atoms with Crippen molar-refractivity contribution in [1.82, 2.24) is 4.98 Å². The van der Waals surface area contributed by atoms with E-state index in [2.05, 4.69) is 4.98 Å². The van der Waals surface area contributed by atoms with E-state index < -0.39 is 6.10 Å². The maximum atomic E-state index is 10.3. The molecule has 1 aromatic carbocycles. The van der Waals surface area contributed by atoms with Crippen LogP contribution in [0, 0.1) is 6.92 Å². The van der Waals surface area contributed by atoms with Gasteiger partial charge in [0.15, 0.2) is 0 Å². The summed E-state index contributed by atoms with van der Waals surface area (Å²) in [6, 6.07) is 7.52. The maximum Gasteiger partial charge on any atom is 0.134 e. The van der Waals surface area contributed by atoms with Gasteiger partial charge in [0.25, 0.3) is 0 Å². The zero-order valence-electron chi connectivity index (χ0n) is 9.88. The van der Waals surface area contributed by atoms with E-state index in [1.165, 1.54) is 11.3 Å².